The number of thioether (sulfide) groups is 1. The number of rotatable bonds is 10. The molecule has 4 rings (SSSR count). The fraction of sp³-hybridized carbons (Fsp3) is 0.393. The summed E-state index contributed by atoms with van der Waals surface area (Å²) in [7, 11) is 7.18. The molecule has 0 atom stereocenters. The molecule has 3 aromatic rings. The highest BCUT2D eigenvalue weighted by Gasteiger charge is 2.17. The zero-order valence-electron chi connectivity index (χ0n) is 22.3. The number of hydrogen-bond donors (Lipinski definition) is 0. The van der Waals surface area contributed by atoms with Crippen molar-refractivity contribution in [1.29, 1.82) is 0 Å². The second-order valence-corrected chi connectivity index (χ2v) is 10.6. The van der Waals surface area contributed by atoms with Crippen LogP contribution in [0.4, 0.5) is 5.82 Å². The molecular formula is C28H34ClN5O3S. The summed E-state index contributed by atoms with van der Waals surface area (Å²) in [6.45, 7) is 4.44. The van der Waals surface area contributed by atoms with Crippen LogP contribution >= 0.6 is 23.4 Å². The molecule has 0 unspecified atom stereocenters. The molecule has 0 spiro atoms. The van der Waals surface area contributed by atoms with Crippen LogP contribution in [0.1, 0.15) is 21.5 Å². The summed E-state index contributed by atoms with van der Waals surface area (Å²) >= 11 is 7.84. The molecule has 1 saturated heterocycles. The fourth-order valence-electron chi connectivity index (χ4n) is 4.19. The van der Waals surface area contributed by atoms with Gasteiger partial charge in [-0.1, -0.05) is 41.6 Å². The minimum atomic E-state index is -0.0142. The first-order valence-electron chi connectivity index (χ1n) is 12.5. The summed E-state index contributed by atoms with van der Waals surface area (Å²) < 4.78 is 10.7. The first-order valence-corrected chi connectivity index (χ1v) is 13.9. The normalized spacial score (nSPS) is 13.9. The van der Waals surface area contributed by atoms with Crippen molar-refractivity contribution < 1.29 is 14.3 Å². The molecule has 38 heavy (non-hydrogen) atoms. The van der Waals surface area contributed by atoms with Crippen molar-refractivity contribution in [3.8, 4) is 11.5 Å². The van der Waals surface area contributed by atoms with Crippen molar-refractivity contribution in [3.05, 3.63) is 70.4 Å². The van der Waals surface area contributed by atoms with Crippen molar-refractivity contribution in [1.82, 2.24) is 19.8 Å². The van der Waals surface area contributed by atoms with E-state index in [0.29, 0.717) is 46.1 Å². The summed E-state index contributed by atoms with van der Waals surface area (Å²) in [4.78, 5) is 28.4. The van der Waals surface area contributed by atoms with Gasteiger partial charge in [-0.3, -0.25) is 4.79 Å². The highest BCUT2D eigenvalue weighted by atomic mass is 35.5. The maximum atomic E-state index is 13.0. The SMILES string of the molecule is COc1ccc(CCN(C)C(=O)c2ccc(CSc3nc(Cl)cc(N4CCN(C)CC4)n3)cc2)cc1OC. The lowest BCUT2D eigenvalue weighted by Crippen LogP contribution is -2.44. The molecule has 1 aromatic heterocycles. The number of hydrogen-bond acceptors (Lipinski definition) is 8. The van der Waals surface area contributed by atoms with E-state index in [0.717, 1.165) is 43.1 Å². The lowest BCUT2D eigenvalue weighted by atomic mass is 10.1. The van der Waals surface area contributed by atoms with Gasteiger partial charge < -0.3 is 24.2 Å². The van der Waals surface area contributed by atoms with Gasteiger partial charge in [-0.2, -0.15) is 0 Å². The van der Waals surface area contributed by atoms with Gasteiger partial charge in [0.25, 0.3) is 5.91 Å². The van der Waals surface area contributed by atoms with E-state index in [9.17, 15) is 4.79 Å². The quantitative estimate of drug-likeness (QED) is 0.206. The lowest BCUT2D eigenvalue weighted by Gasteiger charge is -2.33. The Hall–Kier alpha value is -3.01. The third kappa shape index (κ3) is 7.30. The van der Waals surface area contributed by atoms with Crippen LogP contribution in [0.2, 0.25) is 5.15 Å². The zero-order valence-corrected chi connectivity index (χ0v) is 23.9. The molecule has 0 N–H and O–H groups in total. The second-order valence-electron chi connectivity index (χ2n) is 9.27. The predicted molar refractivity (Wildman–Crippen MR) is 153 cm³/mol. The maximum Gasteiger partial charge on any atom is 0.253 e. The van der Waals surface area contributed by atoms with Gasteiger partial charge in [0.15, 0.2) is 16.7 Å². The van der Waals surface area contributed by atoms with Gasteiger partial charge >= 0.3 is 0 Å². The minimum absolute atomic E-state index is 0.0142. The van der Waals surface area contributed by atoms with Crippen LogP contribution in [0.5, 0.6) is 11.5 Å². The minimum Gasteiger partial charge on any atom is -0.493 e. The molecule has 10 heteroatoms. The van der Waals surface area contributed by atoms with Crippen LogP contribution in [-0.4, -0.2) is 86.7 Å². The van der Waals surface area contributed by atoms with Gasteiger partial charge in [0.05, 0.1) is 14.2 Å². The van der Waals surface area contributed by atoms with E-state index < -0.39 is 0 Å². The number of nitrogens with zero attached hydrogens (tertiary/aromatic N) is 5. The van der Waals surface area contributed by atoms with Crippen LogP contribution in [0.15, 0.2) is 53.7 Å². The summed E-state index contributed by atoms with van der Waals surface area (Å²) in [5.74, 6) is 2.92. The summed E-state index contributed by atoms with van der Waals surface area (Å²) in [5, 5.41) is 1.11. The van der Waals surface area contributed by atoms with Gasteiger partial charge in [0.1, 0.15) is 11.0 Å². The number of likely N-dealkylation sites (N-methyl/N-ethyl adjacent to an activating group) is 2. The van der Waals surface area contributed by atoms with Crippen molar-refractivity contribution >= 4 is 35.1 Å². The Labute approximate surface area is 233 Å². The molecule has 0 bridgehead atoms. The number of piperazine rings is 1. The third-order valence-electron chi connectivity index (χ3n) is 6.59. The number of benzene rings is 2. The Morgan fingerprint density at radius 1 is 0.974 bits per heavy atom. The van der Waals surface area contributed by atoms with Gasteiger partial charge in [-0.25, -0.2) is 9.97 Å². The number of carbonyl (C=O) groups excluding carboxylic acids is 1. The second kappa shape index (κ2) is 13.2. The van der Waals surface area contributed by atoms with Gasteiger partial charge in [0, 0.05) is 57.2 Å². The van der Waals surface area contributed by atoms with Crippen LogP contribution in [0.3, 0.4) is 0 Å². The van der Waals surface area contributed by atoms with Crippen molar-refractivity contribution in [3.63, 3.8) is 0 Å². The summed E-state index contributed by atoms with van der Waals surface area (Å²) in [6.07, 6.45) is 0.715. The van der Waals surface area contributed by atoms with Crippen molar-refractivity contribution in [2.75, 3.05) is 65.9 Å². The Balaban J connectivity index is 1.31. The molecule has 1 aliphatic heterocycles. The van der Waals surface area contributed by atoms with Gasteiger partial charge in [-0.15, -0.1) is 0 Å². The molecule has 2 heterocycles. The fourth-order valence-corrected chi connectivity index (χ4v) is 5.23. The molecule has 0 radical (unpaired) electrons. The number of anilines is 1. The smallest absolute Gasteiger partial charge is 0.253 e. The van der Waals surface area contributed by atoms with Gasteiger partial charge in [0.2, 0.25) is 0 Å². The number of halogens is 1. The molecule has 202 valence electrons. The van der Waals surface area contributed by atoms with E-state index in [1.165, 1.54) is 11.8 Å². The Bertz CT molecular complexity index is 1240. The Morgan fingerprint density at radius 2 is 1.66 bits per heavy atom. The van der Waals surface area contributed by atoms with Crippen molar-refractivity contribution in [2.24, 2.45) is 0 Å². The molecule has 1 aliphatic rings. The van der Waals surface area contributed by atoms with Gasteiger partial charge in [-0.05, 0) is 48.9 Å². The average molecular weight is 556 g/mol. The first kappa shape index (κ1) is 28.0. The Kier molecular flexibility index (Phi) is 9.71. The van der Waals surface area contributed by atoms with E-state index in [1.807, 2.05) is 55.6 Å². The standard InChI is InChI=1S/C28H34ClN5O3S/c1-32-13-15-34(16-14-32)26-18-25(29)30-28(31-26)38-19-21-5-8-22(9-6-21)27(35)33(2)12-11-20-7-10-23(36-3)24(17-20)37-4/h5-10,17-18H,11-16,19H2,1-4H3. The molecule has 0 saturated carbocycles. The van der Waals surface area contributed by atoms with Crippen LogP contribution in [0.25, 0.3) is 0 Å². The van der Waals surface area contributed by atoms with E-state index in [-0.39, 0.29) is 5.91 Å². The monoisotopic (exact) mass is 555 g/mol. The molecular weight excluding hydrogens is 522 g/mol. The summed E-state index contributed by atoms with van der Waals surface area (Å²) in [5.41, 5.74) is 2.82. The highest BCUT2D eigenvalue weighted by Crippen LogP contribution is 2.28. The molecule has 8 nitrogen and oxygen atoms in total. The lowest BCUT2D eigenvalue weighted by molar-refractivity contribution is 0.0796. The number of amides is 1. The molecule has 2 aromatic carbocycles. The maximum absolute atomic E-state index is 13.0. The highest BCUT2D eigenvalue weighted by molar-refractivity contribution is 7.98. The number of carbonyl (C=O) groups is 1. The first-order chi connectivity index (χ1) is 18.4. The number of methoxy groups -OCH3 is 2. The van der Waals surface area contributed by atoms with E-state index in [1.54, 1.807) is 19.1 Å². The average Bonchev–Trinajstić information content (AvgIpc) is 2.94. The number of aromatic nitrogens is 2. The topological polar surface area (TPSA) is 71.0 Å². The van der Waals surface area contributed by atoms with Crippen LogP contribution in [-0.2, 0) is 12.2 Å². The number of ether oxygens (including phenoxy) is 2. The van der Waals surface area contributed by atoms with Crippen molar-refractivity contribution in [2.45, 2.75) is 17.3 Å². The van der Waals surface area contributed by atoms with Crippen LogP contribution in [0, 0.1) is 0 Å². The summed E-state index contributed by atoms with van der Waals surface area (Å²) in [6, 6.07) is 15.4. The predicted octanol–water partition coefficient (Wildman–Crippen LogP) is 4.51. The third-order valence-corrected chi connectivity index (χ3v) is 7.70. The van der Waals surface area contributed by atoms with Crippen LogP contribution < -0.4 is 14.4 Å². The zero-order chi connectivity index (χ0) is 27.1. The van der Waals surface area contributed by atoms with E-state index in [2.05, 4.69) is 21.8 Å². The Morgan fingerprint density at radius 3 is 2.34 bits per heavy atom. The molecule has 1 fully saturated rings. The van der Waals surface area contributed by atoms with E-state index in [4.69, 9.17) is 26.1 Å². The molecule has 1 amide bonds. The largest absolute Gasteiger partial charge is 0.493 e. The van der Waals surface area contributed by atoms with E-state index >= 15 is 0 Å². The molecule has 0 aliphatic carbocycles.